The van der Waals surface area contributed by atoms with E-state index in [-0.39, 0.29) is 11.9 Å². The normalized spacial score (nSPS) is 13.5. The van der Waals surface area contributed by atoms with Crippen molar-refractivity contribution in [3.63, 3.8) is 0 Å². The van der Waals surface area contributed by atoms with E-state index in [2.05, 4.69) is 24.5 Å². The summed E-state index contributed by atoms with van der Waals surface area (Å²) in [5.41, 5.74) is 3.27. The van der Waals surface area contributed by atoms with Gasteiger partial charge in [0.15, 0.2) is 0 Å². The largest absolute Gasteiger partial charge is 0.323 e. The SMILES string of the molecule is CC(C)CCN1C(=O)CCc2cc(NC(=O)Nc3ccccc3Cl)ccc21. The molecule has 2 aromatic rings. The predicted molar refractivity (Wildman–Crippen MR) is 111 cm³/mol. The van der Waals surface area contributed by atoms with Crippen LogP contribution in [0.2, 0.25) is 5.02 Å². The Morgan fingerprint density at radius 1 is 1.15 bits per heavy atom. The number of carbonyl (C=O) groups excluding carboxylic acids is 2. The summed E-state index contributed by atoms with van der Waals surface area (Å²) < 4.78 is 0. The van der Waals surface area contributed by atoms with Gasteiger partial charge in [-0.3, -0.25) is 4.79 Å². The fraction of sp³-hybridized carbons (Fsp3) is 0.333. The second-order valence-corrected chi connectivity index (χ2v) is 7.54. The standard InChI is InChI=1S/C21H24ClN3O2/c1-14(2)11-12-25-19-9-8-16(13-15(19)7-10-20(25)26)23-21(27)24-18-6-4-3-5-17(18)22/h3-6,8-9,13-14H,7,10-12H2,1-2H3,(H2,23,24,27). The third-order valence-electron chi connectivity index (χ3n) is 4.59. The lowest BCUT2D eigenvalue weighted by Gasteiger charge is -2.30. The van der Waals surface area contributed by atoms with Crippen LogP contribution in [0.1, 0.15) is 32.3 Å². The lowest BCUT2D eigenvalue weighted by molar-refractivity contribution is -0.118. The number of aryl methyl sites for hydroxylation is 1. The molecule has 2 aromatic carbocycles. The van der Waals surface area contributed by atoms with Crippen molar-refractivity contribution in [3.8, 4) is 0 Å². The van der Waals surface area contributed by atoms with Crippen LogP contribution in [0, 0.1) is 5.92 Å². The highest BCUT2D eigenvalue weighted by Crippen LogP contribution is 2.31. The van der Waals surface area contributed by atoms with Crippen molar-refractivity contribution in [2.24, 2.45) is 5.92 Å². The van der Waals surface area contributed by atoms with Crippen LogP contribution in [-0.2, 0) is 11.2 Å². The highest BCUT2D eigenvalue weighted by molar-refractivity contribution is 6.33. The van der Waals surface area contributed by atoms with Gasteiger partial charge >= 0.3 is 6.03 Å². The number of urea groups is 1. The molecule has 6 heteroatoms. The van der Waals surface area contributed by atoms with Crippen LogP contribution < -0.4 is 15.5 Å². The Morgan fingerprint density at radius 2 is 1.93 bits per heavy atom. The van der Waals surface area contributed by atoms with Crippen LogP contribution in [0.5, 0.6) is 0 Å². The van der Waals surface area contributed by atoms with E-state index < -0.39 is 0 Å². The van der Waals surface area contributed by atoms with E-state index >= 15 is 0 Å². The minimum Gasteiger partial charge on any atom is -0.312 e. The molecule has 2 N–H and O–H groups in total. The van der Waals surface area contributed by atoms with Gasteiger partial charge in [0.1, 0.15) is 0 Å². The van der Waals surface area contributed by atoms with E-state index in [0.717, 1.165) is 24.2 Å². The van der Waals surface area contributed by atoms with Crippen molar-refractivity contribution >= 4 is 40.6 Å². The first-order valence-electron chi connectivity index (χ1n) is 9.20. The van der Waals surface area contributed by atoms with Gasteiger partial charge in [-0.15, -0.1) is 0 Å². The number of carbonyl (C=O) groups is 2. The second kappa shape index (κ2) is 8.44. The maximum Gasteiger partial charge on any atom is 0.323 e. The summed E-state index contributed by atoms with van der Waals surface area (Å²) in [5, 5.41) is 6.06. The van der Waals surface area contributed by atoms with Crippen molar-refractivity contribution in [2.45, 2.75) is 33.1 Å². The number of anilines is 3. The third kappa shape index (κ3) is 4.80. The Kier molecular flexibility index (Phi) is 6.01. The van der Waals surface area contributed by atoms with Crippen LogP contribution in [-0.4, -0.2) is 18.5 Å². The van der Waals surface area contributed by atoms with Crippen LogP contribution in [0.3, 0.4) is 0 Å². The summed E-state index contributed by atoms with van der Waals surface area (Å²) in [4.78, 5) is 26.4. The molecule has 27 heavy (non-hydrogen) atoms. The van der Waals surface area contributed by atoms with Gasteiger partial charge in [-0.2, -0.15) is 0 Å². The molecule has 3 amide bonds. The first-order valence-corrected chi connectivity index (χ1v) is 9.57. The molecule has 0 bridgehead atoms. The minimum atomic E-state index is -0.355. The van der Waals surface area contributed by atoms with Gasteiger partial charge in [0, 0.05) is 24.3 Å². The number of hydrogen-bond acceptors (Lipinski definition) is 2. The molecule has 0 saturated heterocycles. The summed E-state index contributed by atoms with van der Waals surface area (Å²) >= 11 is 6.07. The van der Waals surface area contributed by atoms with Crippen LogP contribution in [0.25, 0.3) is 0 Å². The Balaban J connectivity index is 1.71. The van der Waals surface area contributed by atoms with E-state index in [1.807, 2.05) is 29.2 Å². The molecule has 0 unspecified atom stereocenters. The van der Waals surface area contributed by atoms with Gasteiger partial charge in [0.25, 0.3) is 0 Å². The molecule has 0 aliphatic carbocycles. The molecule has 0 atom stereocenters. The van der Waals surface area contributed by atoms with Crippen molar-refractivity contribution < 1.29 is 9.59 Å². The Morgan fingerprint density at radius 3 is 2.67 bits per heavy atom. The molecule has 142 valence electrons. The van der Waals surface area contributed by atoms with E-state index in [1.165, 1.54) is 0 Å². The molecule has 0 aromatic heterocycles. The van der Waals surface area contributed by atoms with Gasteiger partial charge < -0.3 is 15.5 Å². The molecule has 0 radical (unpaired) electrons. The first kappa shape index (κ1) is 19.2. The highest BCUT2D eigenvalue weighted by Gasteiger charge is 2.24. The summed E-state index contributed by atoms with van der Waals surface area (Å²) in [6.07, 6.45) is 2.15. The van der Waals surface area contributed by atoms with Gasteiger partial charge in [-0.1, -0.05) is 37.6 Å². The Hall–Kier alpha value is -2.53. The van der Waals surface area contributed by atoms with Gasteiger partial charge in [0.05, 0.1) is 10.7 Å². The lowest BCUT2D eigenvalue weighted by atomic mass is 9.99. The zero-order valence-electron chi connectivity index (χ0n) is 15.6. The van der Waals surface area contributed by atoms with E-state index in [0.29, 0.717) is 35.2 Å². The molecule has 3 rings (SSSR count). The third-order valence-corrected chi connectivity index (χ3v) is 4.92. The molecule has 1 aliphatic rings. The number of para-hydroxylation sites is 1. The summed E-state index contributed by atoms with van der Waals surface area (Å²) in [6, 6.07) is 12.4. The predicted octanol–water partition coefficient (Wildman–Crippen LogP) is 5.31. The zero-order chi connectivity index (χ0) is 19.4. The van der Waals surface area contributed by atoms with Gasteiger partial charge in [-0.05, 0) is 54.7 Å². The smallest absolute Gasteiger partial charge is 0.312 e. The molecule has 1 heterocycles. The molecular formula is C21H24ClN3O2. The highest BCUT2D eigenvalue weighted by atomic mass is 35.5. The number of rotatable bonds is 5. The fourth-order valence-electron chi connectivity index (χ4n) is 3.12. The van der Waals surface area contributed by atoms with Gasteiger partial charge in [-0.25, -0.2) is 4.79 Å². The quantitative estimate of drug-likeness (QED) is 0.732. The van der Waals surface area contributed by atoms with E-state index in [1.54, 1.807) is 18.2 Å². The molecule has 5 nitrogen and oxygen atoms in total. The summed E-state index contributed by atoms with van der Waals surface area (Å²) in [7, 11) is 0. The van der Waals surface area contributed by atoms with Crippen molar-refractivity contribution in [3.05, 3.63) is 53.1 Å². The fourth-order valence-corrected chi connectivity index (χ4v) is 3.30. The van der Waals surface area contributed by atoms with Crippen molar-refractivity contribution in [1.82, 2.24) is 0 Å². The number of nitrogens with zero attached hydrogens (tertiary/aromatic N) is 1. The lowest BCUT2D eigenvalue weighted by Crippen LogP contribution is -2.36. The average molecular weight is 386 g/mol. The number of fused-ring (bicyclic) bond motifs is 1. The Bertz CT molecular complexity index is 851. The van der Waals surface area contributed by atoms with E-state index in [9.17, 15) is 9.59 Å². The number of hydrogen-bond donors (Lipinski definition) is 2. The maximum absolute atomic E-state index is 12.3. The number of nitrogens with one attached hydrogen (secondary N) is 2. The van der Waals surface area contributed by atoms with Gasteiger partial charge in [0.2, 0.25) is 5.91 Å². The summed E-state index contributed by atoms with van der Waals surface area (Å²) in [6.45, 7) is 5.03. The summed E-state index contributed by atoms with van der Waals surface area (Å²) in [5.74, 6) is 0.706. The monoisotopic (exact) mass is 385 g/mol. The van der Waals surface area contributed by atoms with Crippen molar-refractivity contribution in [1.29, 1.82) is 0 Å². The number of halogens is 1. The topological polar surface area (TPSA) is 61.4 Å². The molecule has 0 spiro atoms. The molecular weight excluding hydrogens is 362 g/mol. The first-order chi connectivity index (χ1) is 12.9. The maximum atomic E-state index is 12.3. The Labute approximate surface area is 164 Å². The second-order valence-electron chi connectivity index (χ2n) is 7.13. The van der Waals surface area contributed by atoms with Crippen molar-refractivity contribution in [2.75, 3.05) is 22.1 Å². The van der Waals surface area contributed by atoms with Crippen LogP contribution >= 0.6 is 11.6 Å². The average Bonchev–Trinajstić information content (AvgIpc) is 2.62. The number of amides is 3. The zero-order valence-corrected chi connectivity index (χ0v) is 16.3. The van der Waals surface area contributed by atoms with Crippen LogP contribution in [0.4, 0.5) is 21.9 Å². The van der Waals surface area contributed by atoms with Crippen LogP contribution in [0.15, 0.2) is 42.5 Å². The van der Waals surface area contributed by atoms with E-state index in [4.69, 9.17) is 11.6 Å². The number of benzene rings is 2. The minimum absolute atomic E-state index is 0.167. The molecule has 0 saturated carbocycles. The molecule has 1 aliphatic heterocycles. The molecule has 0 fully saturated rings.